The number of carbonyl (C=O) groups is 3. The molecule has 1 saturated heterocycles. The number of nitrogens with two attached hydrogens (primary N) is 1. The monoisotopic (exact) mass is 466 g/mol. The molecule has 0 bridgehead atoms. The summed E-state index contributed by atoms with van der Waals surface area (Å²) in [4.78, 5) is 40.8. The third-order valence-electron chi connectivity index (χ3n) is 6.55. The van der Waals surface area contributed by atoms with E-state index in [1.165, 1.54) is 6.07 Å². The van der Waals surface area contributed by atoms with E-state index >= 15 is 0 Å². The predicted molar refractivity (Wildman–Crippen MR) is 126 cm³/mol. The lowest BCUT2D eigenvalue weighted by atomic mass is 10.0. The maximum Gasteiger partial charge on any atom is 0.410 e. The van der Waals surface area contributed by atoms with E-state index in [2.05, 4.69) is 5.32 Å². The van der Waals surface area contributed by atoms with Crippen LogP contribution in [0.3, 0.4) is 0 Å². The molecule has 0 aliphatic carbocycles. The van der Waals surface area contributed by atoms with Gasteiger partial charge in [0.1, 0.15) is 5.75 Å². The Morgan fingerprint density at radius 1 is 1.18 bits per heavy atom. The Balaban J connectivity index is 1.32. The van der Waals surface area contributed by atoms with Gasteiger partial charge in [-0.1, -0.05) is 30.3 Å². The van der Waals surface area contributed by atoms with E-state index in [-0.39, 0.29) is 24.2 Å². The highest BCUT2D eigenvalue weighted by Gasteiger charge is 2.33. The zero-order chi connectivity index (χ0) is 24.2. The van der Waals surface area contributed by atoms with Crippen molar-refractivity contribution in [3.63, 3.8) is 0 Å². The van der Waals surface area contributed by atoms with Crippen molar-refractivity contribution < 1.29 is 24.2 Å². The second-order valence-corrected chi connectivity index (χ2v) is 8.85. The fraction of sp³-hybridized carbons (Fsp3) is 0.400. The van der Waals surface area contributed by atoms with E-state index in [4.69, 9.17) is 10.5 Å². The number of piperidine rings is 1. The highest BCUT2D eigenvalue weighted by molar-refractivity contribution is 5.91. The quantitative estimate of drug-likeness (QED) is 0.625. The van der Waals surface area contributed by atoms with Crippen molar-refractivity contribution >= 4 is 23.7 Å². The van der Waals surface area contributed by atoms with Crippen molar-refractivity contribution in [2.24, 2.45) is 5.73 Å². The number of aromatic hydroxyl groups is 1. The highest BCUT2D eigenvalue weighted by Crippen LogP contribution is 2.25. The van der Waals surface area contributed by atoms with Gasteiger partial charge in [-0.25, -0.2) is 9.59 Å². The first-order valence-electron chi connectivity index (χ1n) is 11.5. The number of amides is 4. The van der Waals surface area contributed by atoms with Crippen LogP contribution in [0.4, 0.5) is 15.3 Å². The number of ether oxygens (including phenoxy) is 1. The number of phenolic OH excluding ortho intramolecular Hbond substituents is 1. The first-order chi connectivity index (χ1) is 16.3. The summed E-state index contributed by atoms with van der Waals surface area (Å²) in [5.41, 5.74) is 8.83. The number of benzene rings is 2. The molecule has 0 saturated carbocycles. The highest BCUT2D eigenvalue weighted by atomic mass is 16.6. The maximum atomic E-state index is 12.8. The number of urea groups is 1. The van der Waals surface area contributed by atoms with Crippen molar-refractivity contribution in [2.75, 3.05) is 25.0 Å². The molecule has 9 nitrogen and oxygen atoms in total. The van der Waals surface area contributed by atoms with E-state index in [0.29, 0.717) is 38.0 Å². The van der Waals surface area contributed by atoms with Crippen molar-refractivity contribution in [3.05, 3.63) is 59.2 Å². The maximum absolute atomic E-state index is 12.8. The van der Waals surface area contributed by atoms with E-state index in [9.17, 15) is 19.5 Å². The van der Waals surface area contributed by atoms with Crippen LogP contribution >= 0.6 is 0 Å². The summed E-state index contributed by atoms with van der Waals surface area (Å²) in [7, 11) is 0. The summed E-state index contributed by atoms with van der Waals surface area (Å²) in [6, 6.07) is 12.6. The topological polar surface area (TPSA) is 125 Å². The molecule has 4 N–H and O–H groups in total. The molecular formula is C25H30N4O5. The summed E-state index contributed by atoms with van der Waals surface area (Å²) in [5, 5.41) is 12.7. The summed E-state index contributed by atoms with van der Waals surface area (Å²) in [5.74, 6) is -0.573. The number of likely N-dealkylation sites (tertiary alicyclic amines) is 1. The lowest BCUT2D eigenvalue weighted by Gasteiger charge is -2.37. The summed E-state index contributed by atoms with van der Waals surface area (Å²) in [6.07, 6.45) is 0.449. The van der Waals surface area contributed by atoms with Crippen LogP contribution in [0, 0.1) is 6.92 Å². The number of nitrogens with zero attached hydrogens (tertiary/aromatic N) is 2. The van der Waals surface area contributed by atoms with Crippen LogP contribution in [0.15, 0.2) is 42.5 Å². The van der Waals surface area contributed by atoms with Crippen LogP contribution in [-0.4, -0.2) is 64.7 Å². The molecule has 9 heteroatoms. The number of para-hydroxylation sites is 1. The van der Waals surface area contributed by atoms with Crippen LogP contribution < -0.4 is 11.1 Å². The number of nitrogens with one attached hydrogen (secondary N) is 1. The number of anilines is 1. The van der Waals surface area contributed by atoms with E-state index in [0.717, 1.165) is 23.2 Å². The van der Waals surface area contributed by atoms with E-state index in [1.54, 1.807) is 24.0 Å². The van der Waals surface area contributed by atoms with Crippen LogP contribution in [0.25, 0.3) is 0 Å². The van der Waals surface area contributed by atoms with Gasteiger partial charge in [0.15, 0.2) is 6.10 Å². The number of hydrogen-bond acceptors (Lipinski definition) is 5. The van der Waals surface area contributed by atoms with E-state index in [1.807, 2.05) is 29.2 Å². The van der Waals surface area contributed by atoms with Gasteiger partial charge in [0.05, 0.1) is 0 Å². The third-order valence-corrected chi connectivity index (χ3v) is 6.55. The van der Waals surface area contributed by atoms with Crippen molar-refractivity contribution in [1.29, 1.82) is 0 Å². The van der Waals surface area contributed by atoms with Gasteiger partial charge >= 0.3 is 12.1 Å². The Morgan fingerprint density at radius 3 is 2.62 bits per heavy atom. The molecule has 2 aromatic rings. The Hall–Kier alpha value is -3.75. The minimum atomic E-state index is -1.11. The number of rotatable bonds is 5. The molecule has 2 heterocycles. The van der Waals surface area contributed by atoms with Crippen LogP contribution in [0.1, 0.15) is 29.5 Å². The second kappa shape index (κ2) is 10.0. The van der Waals surface area contributed by atoms with Gasteiger partial charge in [-0.05, 0) is 55.0 Å². The third kappa shape index (κ3) is 5.24. The molecule has 2 aliphatic rings. The molecule has 0 aromatic heterocycles. The van der Waals surface area contributed by atoms with Crippen LogP contribution in [0.2, 0.25) is 0 Å². The van der Waals surface area contributed by atoms with Gasteiger partial charge in [-0.15, -0.1) is 0 Å². The van der Waals surface area contributed by atoms with Gasteiger partial charge in [-0.2, -0.15) is 0 Å². The minimum absolute atomic E-state index is 0.0188. The normalized spacial score (nSPS) is 17.4. The summed E-state index contributed by atoms with van der Waals surface area (Å²) < 4.78 is 5.45. The fourth-order valence-corrected chi connectivity index (χ4v) is 4.55. The Morgan fingerprint density at radius 2 is 1.91 bits per heavy atom. The standard InChI is InChI=1S/C25H30N4O5/c1-16-14-17(6-7-21(16)30)15-22(23(26)31)34-25(33)28-11-9-19(10-12-28)29-13-8-18-4-2-3-5-20(18)27-24(29)32/h2-7,14,19,22,30H,8-13,15H2,1H3,(H2,26,31)(H,27,32)/t22-/m1/s1. The number of primary amides is 1. The average molecular weight is 467 g/mol. The predicted octanol–water partition coefficient (Wildman–Crippen LogP) is 2.79. The molecule has 2 aromatic carbocycles. The lowest BCUT2D eigenvalue weighted by molar-refractivity contribution is -0.126. The molecule has 180 valence electrons. The molecule has 4 amide bonds. The van der Waals surface area contributed by atoms with Crippen LogP contribution in [-0.2, 0) is 22.4 Å². The molecule has 4 rings (SSSR count). The van der Waals surface area contributed by atoms with E-state index < -0.39 is 18.1 Å². The molecule has 34 heavy (non-hydrogen) atoms. The summed E-state index contributed by atoms with van der Waals surface area (Å²) >= 11 is 0. The van der Waals surface area contributed by atoms with Gasteiger partial charge in [-0.3, -0.25) is 4.79 Å². The molecule has 1 fully saturated rings. The second-order valence-electron chi connectivity index (χ2n) is 8.85. The number of fused-ring (bicyclic) bond motifs is 1. The van der Waals surface area contributed by atoms with Crippen LogP contribution in [0.5, 0.6) is 5.75 Å². The van der Waals surface area contributed by atoms with Gasteiger partial charge < -0.3 is 30.7 Å². The zero-order valence-electron chi connectivity index (χ0n) is 19.2. The fourth-order valence-electron chi connectivity index (χ4n) is 4.55. The molecule has 1 atom stereocenters. The number of carbonyl (C=O) groups excluding carboxylic acids is 3. The number of aryl methyl sites for hydroxylation is 1. The van der Waals surface area contributed by atoms with Gasteiger partial charge in [0, 0.05) is 37.8 Å². The first kappa shape index (κ1) is 23.4. The number of phenols is 1. The number of hydrogen-bond donors (Lipinski definition) is 3. The van der Waals surface area contributed by atoms with Crippen molar-refractivity contribution in [1.82, 2.24) is 9.80 Å². The lowest BCUT2D eigenvalue weighted by Crippen LogP contribution is -2.50. The molecule has 0 radical (unpaired) electrons. The zero-order valence-corrected chi connectivity index (χ0v) is 19.2. The SMILES string of the molecule is Cc1cc(C[C@@H](OC(=O)N2CCC(N3CCc4ccccc4NC3=O)CC2)C(N)=O)ccc1O. The summed E-state index contributed by atoms with van der Waals surface area (Å²) in [6.45, 7) is 3.21. The van der Waals surface area contributed by atoms with Gasteiger partial charge in [0.2, 0.25) is 0 Å². The van der Waals surface area contributed by atoms with Crippen molar-refractivity contribution in [2.45, 2.75) is 44.8 Å². The van der Waals surface area contributed by atoms with Gasteiger partial charge in [0.25, 0.3) is 5.91 Å². The smallest absolute Gasteiger partial charge is 0.410 e. The average Bonchev–Trinajstić information content (AvgIpc) is 2.99. The molecule has 0 unspecified atom stereocenters. The Labute approximate surface area is 198 Å². The first-order valence-corrected chi connectivity index (χ1v) is 11.5. The molecule has 2 aliphatic heterocycles. The Bertz CT molecular complexity index is 1080. The largest absolute Gasteiger partial charge is 0.508 e. The van der Waals surface area contributed by atoms with Crippen molar-refractivity contribution in [3.8, 4) is 5.75 Å². The molecule has 0 spiro atoms. The Kier molecular flexibility index (Phi) is 6.90. The minimum Gasteiger partial charge on any atom is -0.508 e. The molecular weight excluding hydrogens is 436 g/mol.